The Balaban J connectivity index is 1.98. The second-order valence-corrected chi connectivity index (χ2v) is 5.21. The molecule has 0 saturated carbocycles. The van der Waals surface area contributed by atoms with Gasteiger partial charge in [0, 0.05) is 29.8 Å². The van der Waals surface area contributed by atoms with Crippen LogP contribution in [0, 0.1) is 0 Å². The highest BCUT2D eigenvalue weighted by molar-refractivity contribution is 9.10. The third kappa shape index (κ3) is 2.97. The van der Waals surface area contributed by atoms with Crippen molar-refractivity contribution in [3.63, 3.8) is 0 Å². The summed E-state index contributed by atoms with van der Waals surface area (Å²) >= 11 is 3.53. The molecule has 4 heteroatoms. The standard InChI is InChI=1S/C12H17BrN2O/c13-12-7-10(14)2-1-9(12)8-15-5-3-11(16)4-6-15/h1-2,7,11,16H,3-6,8,14H2. The summed E-state index contributed by atoms with van der Waals surface area (Å²) in [5.74, 6) is 0. The zero-order valence-electron chi connectivity index (χ0n) is 9.19. The van der Waals surface area contributed by atoms with Gasteiger partial charge in [-0.05, 0) is 30.5 Å². The van der Waals surface area contributed by atoms with E-state index in [1.54, 1.807) is 0 Å². The summed E-state index contributed by atoms with van der Waals surface area (Å²) in [6, 6.07) is 5.93. The number of nitrogens with two attached hydrogens (primary N) is 1. The Labute approximate surface area is 104 Å². The average molecular weight is 285 g/mol. The van der Waals surface area contributed by atoms with Gasteiger partial charge in [0.1, 0.15) is 0 Å². The molecule has 0 aromatic heterocycles. The Morgan fingerprint density at radius 2 is 2.06 bits per heavy atom. The summed E-state index contributed by atoms with van der Waals surface area (Å²) in [6.45, 7) is 2.86. The number of piperidine rings is 1. The SMILES string of the molecule is Nc1ccc(CN2CCC(O)CC2)c(Br)c1. The van der Waals surface area contributed by atoms with Gasteiger partial charge >= 0.3 is 0 Å². The van der Waals surface area contributed by atoms with Crippen LogP contribution in [0.4, 0.5) is 5.69 Å². The molecule has 1 aromatic carbocycles. The molecule has 0 unspecified atom stereocenters. The van der Waals surface area contributed by atoms with Crippen LogP contribution in [0.1, 0.15) is 18.4 Å². The van der Waals surface area contributed by atoms with Crippen LogP contribution < -0.4 is 5.73 Å². The van der Waals surface area contributed by atoms with E-state index < -0.39 is 0 Å². The van der Waals surface area contributed by atoms with Crippen LogP contribution in [0.15, 0.2) is 22.7 Å². The molecule has 1 aliphatic rings. The van der Waals surface area contributed by atoms with Crippen molar-refractivity contribution in [2.75, 3.05) is 18.8 Å². The monoisotopic (exact) mass is 284 g/mol. The molecule has 1 aromatic rings. The highest BCUT2D eigenvalue weighted by atomic mass is 79.9. The van der Waals surface area contributed by atoms with Crippen LogP contribution in [-0.2, 0) is 6.54 Å². The molecule has 3 N–H and O–H groups in total. The minimum absolute atomic E-state index is 0.105. The Kier molecular flexibility index (Phi) is 3.84. The van der Waals surface area contributed by atoms with E-state index in [0.717, 1.165) is 42.6 Å². The van der Waals surface area contributed by atoms with Gasteiger partial charge in [-0.3, -0.25) is 4.90 Å². The van der Waals surface area contributed by atoms with E-state index >= 15 is 0 Å². The Morgan fingerprint density at radius 1 is 1.38 bits per heavy atom. The Hall–Kier alpha value is -0.580. The van der Waals surface area contributed by atoms with E-state index in [2.05, 4.69) is 26.9 Å². The number of hydrogen-bond acceptors (Lipinski definition) is 3. The molecular weight excluding hydrogens is 268 g/mol. The number of rotatable bonds is 2. The van der Waals surface area contributed by atoms with Gasteiger partial charge in [0.25, 0.3) is 0 Å². The summed E-state index contributed by atoms with van der Waals surface area (Å²) in [5.41, 5.74) is 7.74. The highest BCUT2D eigenvalue weighted by Crippen LogP contribution is 2.22. The lowest BCUT2D eigenvalue weighted by molar-refractivity contribution is 0.0791. The van der Waals surface area contributed by atoms with Crippen molar-refractivity contribution in [1.82, 2.24) is 4.90 Å². The molecule has 0 radical (unpaired) electrons. The maximum Gasteiger partial charge on any atom is 0.0564 e. The van der Waals surface area contributed by atoms with Gasteiger partial charge in [0.05, 0.1) is 6.10 Å². The van der Waals surface area contributed by atoms with E-state index in [1.165, 1.54) is 5.56 Å². The number of anilines is 1. The molecule has 1 fully saturated rings. The molecule has 1 saturated heterocycles. The summed E-state index contributed by atoms with van der Waals surface area (Å²) in [7, 11) is 0. The van der Waals surface area contributed by atoms with Crippen molar-refractivity contribution in [1.29, 1.82) is 0 Å². The second-order valence-electron chi connectivity index (χ2n) is 4.36. The van der Waals surface area contributed by atoms with Gasteiger partial charge in [-0.2, -0.15) is 0 Å². The fraction of sp³-hybridized carbons (Fsp3) is 0.500. The maximum absolute atomic E-state index is 9.43. The third-order valence-electron chi connectivity index (χ3n) is 3.03. The molecule has 16 heavy (non-hydrogen) atoms. The minimum atomic E-state index is -0.105. The molecule has 0 aliphatic carbocycles. The molecular formula is C12H17BrN2O. The molecule has 1 heterocycles. The zero-order valence-corrected chi connectivity index (χ0v) is 10.8. The number of likely N-dealkylation sites (tertiary alicyclic amines) is 1. The first-order valence-electron chi connectivity index (χ1n) is 5.59. The number of benzene rings is 1. The van der Waals surface area contributed by atoms with Gasteiger partial charge in [-0.1, -0.05) is 22.0 Å². The fourth-order valence-electron chi connectivity index (χ4n) is 2.01. The summed E-state index contributed by atoms with van der Waals surface area (Å²) in [4.78, 5) is 2.36. The molecule has 0 atom stereocenters. The van der Waals surface area contributed by atoms with Crippen LogP contribution in [0.25, 0.3) is 0 Å². The van der Waals surface area contributed by atoms with Crippen molar-refractivity contribution in [3.05, 3.63) is 28.2 Å². The van der Waals surface area contributed by atoms with Crippen LogP contribution in [0.2, 0.25) is 0 Å². The molecule has 2 rings (SSSR count). The summed E-state index contributed by atoms with van der Waals surface area (Å²) in [6.07, 6.45) is 1.66. The van der Waals surface area contributed by atoms with E-state index in [0.29, 0.717) is 0 Å². The Bertz CT molecular complexity index is 362. The number of aliphatic hydroxyl groups is 1. The van der Waals surface area contributed by atoms with Gasteiger partial charge in [-0.15, -0.1) is 0 Å². The molecule has 3 nitrogen and oxygen atoms in total. The van der Waals surface area contributed by atoms with E-state index in [9.17, 15) is 5.11 Å². The first-order valence-corrected chi connectivity index (χ1v) is 6.39. The van der Waals surface area contributed by atoms with E-state index in [-0.39, 0.29) is 6.10 Å². The lowest BCUT2D eigenvalue weighted by Gasteiger charge is -2.29. The van der Waals surface area contributed by atoms with Gasteiger partial charge in [0.15, 0.2) is 0 Å². The topological polar surface area (TPSA) is 49.5 Å². The predicted octanol–water partition coefficient (Wildman–Crippen LogP) is 1.99. The third-order valence-corrected chi connectivity index (χ3v) is 3.77. The van der Waals surface area contributed by atoms with Crippen molar-refractivity contribution < 1.29 is 5.11 Å². The highest BCUT2D eigenvalue weighted by Gasteiger charge is 2.17. The Morgan fingerprint density at radius 3 is 2.69 bits per heavy atom. The average Bonchev–Trinajstić information content (AvgIpc) is 2.25. The first kappa shape index (κ1) is 11.9. The number of aliphatic hydroxyl groups excluding tert-OH is 1. The molecule has 1 aliphatic heterocycles. The van der Waals surface area contributed by atoms with Crippen LogP contribution in [0.3, 0.4) is 0 Å². The molecule has 88 valence electrons. The van der Waals surface area contributed by atoms with Crippen molar-refractivity contribution in [2.45, 2.75) is 25.5 Å². The minimum Gasteiger partial charge on any atom is -0.399 e. The normalized spacial score (nSPS) is 18.9. The van der Waals surface area contributed by atoms with Crippen LogP contribution in [-0.4, -0.2) is 29.2 Å². The van der Waals surface area contributed by atoms with Crippen molar-refractivity contribution in [3.8, 4) is 0 Å². The van der Waals surface area contributed by atoms with Crippen LogP contribution in [0.5, 0.6) is 0 Å². The summed E-state index contributed by atoms with van der Waals surface area (Å²) < 4.78 is 1.07. The predicted molar refractivity (Wildman–Crippen MR) is 69.1 cm³/mol. The molecule has 0 amide bonds. The number of hydrogen-bond donors (Lipinski definition) is 2. The lowest BCUT2D eigenvalue weighted by Crippen LogP contribution is -2.35. The van der Waals surface area contributed by atoms with E-state index in [4.69, 9.17) is 5.73 Å². The number of nitrogen functional groups attached to an aromatic ring is 1. The quantitative estimate of drug-likeness (QED) is 0.817. The van der Waals surface area contributed by atoms with Gasteiger partial charge in [-0.25, -0.2) is 0 Å². The first-order chi connectivity index (χ1) is 7.65. The number of nitrogens with zero attached hydrogens (tertiary/aromatic N) is 1. The lowest BCUT2D eigenvalue weighted by atomic mass is 10.1. The van der Waals surface area contributed by atoms with Crippen molar-refractivity contribution in [2.24, 2.45) is 0 Å². The second kappa shape index (κ2) is 5.17. The zero-order chi connectivity index (χ0) is 11.5. The number of halogens is 1. The van der Waals surface area contributed by atoms with Crippen molar-refractivity contribution >= 4 is 21.6 Å². The summed E-state index contributed by atoms with van der Waals surface area (Å²) in [5, 5.41) is 9.43. The smallest absolute Gasteiger partial charge is 0.0564 e. The maximum atomic E-state index is 9.43. The largest absolute Gasteiger partial charge is 0.399 e. The van der Waals surface area contributed by atoms with E-state index in [1.807, 2.05) is 12.1 Å². The fourth-order valence-corrected chi connectivity index (χ4v) is 2.53. The van der Waals surface area contributed by atoms with Gasteiger partial charge < -0.3 is 10.8 Å². The molecule has 0 spiro atoms. The molecule has 0 bridgehead atoms. The van der Waals surface area contributed by atoms with Crippen LogP contribution >= 0.6 is 15.9 Å². The van der Waals surface area contributed by atoms with Gasteiger partial charge in [0.2, 0.25) is 0 Å².